The molecule has 0 atom stereocenters. The van der Waals surface area contributed by atoms with E-state index in [2.05, 4.69) is 14.8 Å². The molecular weight excluding hydrogens is 414 g/mol. The summed E-state index contributed by atoms with van der Waals surface area (Å²) in [4.78, 5) is 11.5. The molecule has 1 aromatic carbocycles. The summed E-state index contributed by atoms with van der Waals surface area (Å²) in [5, 5.41) is 21.0. The van der Waals surface area contributed by atoms with Crippen molar-refractivity contribution in [1.82, 2.24) is 19.1 Å². The molecule has 11 heteroatoms. The summed E-state index contributed by atoms with van der Waals surface area (Å²) in [5.74, 6) is 1.41. The van der Waals surface area contributed by atoms with Crippen molar-refractivity contribution in [2.45, 2.75) is 66.4 Å². The van der Waals surface area contributed by atoms with Gasteiger partial charge < -0.3 is 4.57 Å². The molecule has 0 aliphatic heterocycles. The van der Waals surface area contributed by atoms with E-state index in [1.165, 1.54) is 28.2 Å². The molecule has 0 spiro atoms. The van der Waals surface area contributed by atoms with E-state index in [-0.39, 0.29) is 10.6 Å². The Balaban J connectivity index is 1.69. The zero-order chi connectivity index (χ0) is 20.8. The summed E-state index contributed by atoms with van der Waals surface area (Å²) in [7, 11) is -3.77. The summed E-state index contributed by atoms with van der Waals surface area (Å²) in [6.45, 7) is 4.08. The number of sulfonamides is 1. The molecule has 1 heterocycles. The molecule has 2 aromatic rings. The third kappa shape index (κ3) is 3.90. The number of benzene rings is 1. The summed E-state index contributed by atoms with van der Waals surface area (Å²) < 4.78 is 28.9. The van der Waals surface area contributed by atoms with Crippen LogP contribution in [0.2, 0.25) is 0 Å². The number of aromatic nitrogens is 3. The van der Waals surface area contributed by atoms with Gasteiger partial charge in [-0.1, -0.05) is 13.8 Å². The lowest BCUT2D eigenvalue weighted by molar-refractivity contribution is -0.388. The first-order chi connectivity index (χ1) is 13.9. The van der Waals surface area contributed by atoms with Gasteiger partial charge in [0.05, 0.1) is 14.7 Å². The molecule has 1 aromatic heterocycles. The lowest BCUT2D eigenvalue weighted by Gasteiger charge is -2.18. The number of rotatable bonds is 9. The van der Waals surface area contributed by atoms with Crippen LogP contribution in [0.5, 0.6) is 0 Å². The van der Waals surface area contributed by atoms with Gasteiger partial charge in [-0.3, -0.25) is 10.1 Å². The Morgan fingerprint density at radius 1 is 1.21 bits per heavy atom. The minimum Gasteiger partial charge on any atom is -0.302 e. The topological polar surface area (TPSA) is 111 Å². The summed E-state index contributed by atoms with van der Waals surface area (Å²) in [6, 6.07) is 4.45. The standard InChI is InChI=1S/C18H23N5O4S2/c1-3-21(4-2)29(26,27)14-9-10-16(15(11-14)23(24)25)28-18-20-19-17(12-5-6-12)22(18)13-7-8-13/h9-13H,3-8H2,1-2H3. The molecule has 2 aliphatic carbocycles. The van der Waals surface area contributed by atoms with E-state index in [0.717, 1.165) is 37.6 Å². The normalized spacial score (nSPS) is 17.1. The van der Waals surface area contributed by atoms with Gasteiger partial charge in [-0.25, -0.2) is 8.42 Å². The first-order valence-corrected chi connectivity index (χ1v) is 12.0. The van der Waals surface area contributed by atoms with Gasteiger partial charge in [-0.2, -0.15) is 4.31 Å². The van der Waals surface area contributed by atoms with Gasteiger partial charge >= 0.3 is 0 Å². The Morgan fingerprint density at radius 3 is 2.45 bits per heavy atom. The molecule has 156 valence electrons. The van der Waals surface area contributed by atoms with Crippen LogP contribution in [0.3, 0.4) is 0 Å². The van der Waals surface area contributed by atoms with E-state index >= 15 is 0 Å². The maximum absolute atomic E-state index is 12.7. The minimum absolute atomic E-state index is 0.0698. The van der Waals surface area contributed by atoms with E-state index in [1.54, 1.807) is 13.8 Å². The Bertz CT molecular complexity index is 1040. The van der Waals surface area contributed by atoms with Gasteiger partial charge in [0, 0.05) is 31.1 Å². The molecule has 9 nitrogen and oxygen atoms in total. The fourth-order valence-corrected chi connectivity index (χ4v) is 5.82. The van der Waals surface area contributed by atoms with Crippen LogP contribution in [0.15, 0.2) is 33.1 Å². The quantitative estimate of drug-likeness (QED) is 0.435. The molecule has 2 fully saturated rings. The van der Waals surface area contributed by atoms with Crippen LogP contribution in [-0.2, 0) is 10.0 Å². The van der Waals surface area contributed by atoms with Gasteiger partial charge in [0.25, 0.3) is 5.69 Å². The van der Waals surface area contributed by atoms with Crippen molar-refractivity contribution in [3.63, 3.8) is 0 Å². The van der Waals surface area contributed by atoms with E-state index in [4.69, 9.17) is 0 Å². The van der Waals surface area contributed by atoms with Crippen LogP contribution in [0.25, 0.3) is 0 Å². The lowest BCUT2D eigenvalue weighted by atomic mass is 10.3. The number of hydrogen-bond donors (Lipinski definition) is 0. The van der Waals surface area contributed by atoms with E-state index < -0.39 is 14.9 Å². The molecule has 0 saturated heterocycles. The maximum Gasteiger partial charge on any atom is 0.284 e. The maximum atomic E-state index is 12.7. The van der Waals surface area contributed by atoms with Crippen LogP contribution < -0.4 is 0 Å². The molecule has 0 bridgehead atoms. The summed E-state index contributed by atoms with van der Waals surface area (Å²) in [6.07, 6.45) is 4.34. The van der Waals surface area contributed by atoms with Crippen LogP contribution in [-0.4, -0.2) is 45.5 Å². The largest absolute Gasteiger partial charge is 0.302 e. The molecule has 0 amide bonds. The second-order valence-electron chi connectivity index (χ2n) is 7.29. The zero-order valence-corrected chi connectivity index (χ0v) is 17.9. The van der Waals surface area contributed by atoms with Crippen molar-refractivity contribution in [3.8, 4) is 0 Å². The molecule has 2 aliphatic rings. The third-order valence-electron chi connectivity index (χ3n) is 5.22. The van der Waals surface area contributed by atoms with Gasteiger partial charge in [-0.15, -0.1) is 10.2 Å². The molecule has 0 radical (unpaired) electrons. The van der Waals surface area contributed by atoms with Crippen molar-refractivity contribution in [2.24, 2.45) is 0 Å². The van der Waals surface area contributed by atoms with E-state index in [0.29, 0.717) is 35.1 Å². The lowest BCUT2D eigenvalue weighted by Crippen LogP contribution is -2.30. The van der Waals surface area contributed by atoms with Gasteiger partial charge in [0.2, 0.25) is 10.0 Å². The molecule has 0 unspecified atom stereocenters. The monoisotopic (exact) mass is 437 g/mol. The Hall–Kier alpha value is -1.98. The Morgan fingerprint density at radius 2 is 1.90 bits per heavy atom. The number of nitro benzene ring substituents is 1. The van der Waals surface area contributed by atoms with Crippen LogP contribution in [0.1, 0.15) is 57.3 Å². The van der Waals surface area contributed by atoms with Crippen molar-refractivity contribution >= 4 is 27.5 Å². The first-order valence-electron chi connectivity index (χ1n) is 9.78. The molecule has 0 N–H and O–H groups in total. The van der Waals surface area contributed by atoms with Gasteiger partial charge in [0.15, 0.2) is 5.16 Å². The molecule has 29 heavy (non-hydrogen) atoms. The molecule has 2 saturated carbocycles. The van der Waals surface area contributed by atoms with Crippen molar-refractivity contribution < 1.29 is 13.3 Å². The summed E-state index contributed by atoms with van der Waals surface area (Å²) >= 11 is 1.18. The third-order valence-corrected chi connectivity index (χ3v) is 8.29. The van der Waals surface area contributed by atoms with Gasteiger partial charge in [0.1, 0.15) is 5.82 Å². The Kier molecular flexibility index (Phi) is 5.38. The fourth-order valence-electron chi connectivity index (χ4n) is 3.35. The van der Waals surface area contributed by atoms with E-state index in [9.17, 15) is 18.5 Å². The predicted octanol–water partition coefficient (Wildman–Crippen LogP) is 3.58. The SMILES string of the molecule is CCN(CC)S(=O)(=O)c1ccc(Sc2nnc(C3CC3)n2C2CC2)c([N+](=O)[O-])c1. The second-order valence-corrected chi connectivity index (χ2v) is 10.2. The Labute approximate surface area is 173 Å². The smallest absolute Gasteiger partial charge is 0.284 e. The van der Waals surface area contributed by atoms with Crippen molar-refractivity contribution in [2.75, 3.05) is 13.1 Å². The first kappa shape index (κ1) is 20.3. The second kappa shape index (κ2) is 7.69. The van der Waals surface area contributed by atoms with Crippen LogP contribution >= 0.6 is 11.8 Å². The van der Waals surface area contributed by atoms with Crippen molar-refractivity contribution in [3.05, 3.63) is 34.1 Å². The van der Waals surface area contributed by atoms with Gasteiger partial charge in [-0.05, 0) is 49.6 Å². The molecule has 4 rings (SSSR count). The number of nitro groups is 1. The fraction of sp³-hybridized carbons (Fsp3) is 0.556. The van der Waals surface area contributed by atoms with Crippen molar-refractivity contribution in [1.29, 1.82) is 0 Å². The van der Waals surface area contributed by atoms with E-state index in [1.807, 2.05) is 0 Å². The average molecular weight is 438 g/mol. The van der Waals surface area contributed by atoms with Crippen LogP contribution in [0, 0.1) is 10.1 Å². The highest BCUT2D eigenvalue weighted by molar-refractivity contribution is 7.99. The average Bonchev–Trinajstić information content (AvgIpc) is 3.61. The highest BCUT2D eigenvalue weighted by atomic mass is 32.2. The predicted molar refractivity (Wildman–Crippen MR) is 108 cm³/mol. The molecular formula is C18H23N5O4S2. The number of hydrogen-bond acceptors (Lipinski definition) is 7. The zero-order valence-electron chi connectivity index (χ0n) is 16.3. The minimum atomic E-state index is -3.77. The highest BCUT2D eigenvalue weighted by Gasteiger charge is 2.37. The van der Waals surface area contributed by atoms with Crippen LogP contribution in [0.4, 0.5) is 5.69 Å². The highest BCUT2D eigenvalue weighted by Crippen LogP contribution is 2.47. The number of nitrogens with zero attached hydrogens (tertiary/aromatic N) is 5. The summed E-state index contributed by atoms with van der Waals surface area (Å²) in [5.41, 5.74) is -0.235.